The van der Waals surface area contributed by atoms with Gasteiger partial charge in [0.1, 0.15) is 5.75 Å². The molecule has 0 atom stereocenters. The Balaban J connectivity index is 1.92. The summed E-state index contributed by atoms with van der Waals surface area (Å²) in [5.41, 5.74) is 2.24. The molecule has 0 aliphatic heterocycles. The van der Waals surface area contributed by atoms with E-state index in [4.69, 9.17) is 9.47 Å². The Bertz CT molecular complexity index is 606. The van der Waals surface area contributed by atoms with Gasteiger partial charge in [-0.05, 0) is 46.9 Å². The summed E-state index contributed by atoms with van der Waals surface area (Å²) in [6.07, 6.45) is 2.02. The number of hydrogen-bond donors (Lipinski definition) is 1. The van der Waals surface area contributed by atoms with Crippen LogP contribution < -0.4 is 9.47 Å². The minimum atomic E-state index is 0.283. The molecule has 0 bridgehead atoms. The highest BCUT2D eigenvalue weighted by Crippen LogP contribution is 2.29. The van der Waals surface area contributed by atoms with Crippen molar-refractivity contribution in [3.05, 3.63) is 59.0 Å². The van der Waals surface area contributed by atoms with E-state index in [-0.39, 0.29) is 5.75 Å². The summed E-state index contributed by atoms with van der Waals surface area (Å²) in [4.78, 5) is 0. The summed E-state index contributed by atoms with van der Waals surface area (Å²) in [7, 11) is 3.27. The molecule has 2 aromatic carbocycles. The zero-order valence-electron chi connectivity index (χ0n) is 12.1. The summed E-state index contributed by atoms with van der Waals surface area (Å²) in [5, 5.41) is 11.3. The topological polar surface area (TPSA) is 38.7 Å². The predicted molar refractivity (Wildman–Crippen MR) is 88.0 cm³/mol. The lowest BCUT2D eigenvalue weighted by Crippen LogP contribution is -1.91. The van der Waals surface area contributed by atoms with Crippen LogP contribution in [0.3, 0.4) is 0 Å². The van der Waals surface area contributed by atoms with Crippen LogP contribution in [0.2, 0.25) is 0 Å². The van der Waals surface area contributed by atoms with Gasteiger partial charge in [-0.3, -0.25) is 0 Å². The molecule has 21 heavy (non-hydrogen) atoms. The SMILES string of the molecule is COc1ccc(CSC=Cc2ccc(O)cc2)cc1OC. The maximum absolute atomic E-state index is 9.22. The maximum Gasteiger partial charge on any atom is 0.161 e. The van der Waals surface area contributed by atoms with Crippen molar-refractivity contribution in [1.29, 1.82) is 0 Å². The van der Waals surface area contributed by atoms with Crippen molar-refractivity contribution >= 4 is 17.8 Å². The number of hydrogen-bond acceptors (Lipinski definition) is 4. The van der Waals surface area contributed by atoms with Gasteiger partial charge in [0, 0.05) is 5.75 Å². The smallest absolute Gasteiger partial charge is 0.161 e. The molecule has 0 aromatic heterocycles. The van der Waals surface area contributed by atoms with Crippen LogP contribution in [0.25, 0.3) is 6.08 Å². The van der Waals surface area contributed by atoms with Crippen molar-refractivity contribution in [2.24, 2.45) is 0 Å². The van der Waals surface area contributed by atoms with Crippen molar-refractivity contribution in [3.63, 3.8) is 0 Å². The standard InChI is InChI=1S/C17H18O3S/c1-19-16-8-5-14(11-17(16)20-2)12-21-10-9-13-3-6-15(18)7-4-13/h3-11,18H,12H2,1-2H3. The van der Waals surface area contributed by atoms with Crippen molar-refractivity contribution in [2.75, 3.05) is 14.2 Å². The quantitative estimate of drug-likeness (QED) is 0.863. The van der Waals surface area contributed by atoms with E-state index >= 15 is 0 Å². The Labute approximate surface area is 129 Å². The van der Waals surface area contributed by atoms with Crippen molar-refractivity contribution in [1.82, 2.24) is 0 Å². The van der Waals surface area contributed by atoms with Crippen molar-refractivity contribution in [3.8, 4) is 17.2 Å². The number of ether oxygens (including phenoxy) is 2. The molecule has 0 unspecified atom stereocenters. The van der Waals surface area contributed by atoms with Gasteiger partial charge in [0.15, 0.2) is 11.5 Å². The van der Waals surface area contributed by atoms with E-state index in [1.165, 1.54) is 5.56 Å². The molecule has 2 aromatic rings. The number of thioether (sulfide) groups is 1. The van der Waals surface area contributed by atoms with E-state index in [9.17, 15) is 5.11 Å². The van der Waals surface area contributed by atoms with Crippen LogP contribution in [0, 0.1) is 0 Å². The second-order valence-electron chi connectivity index (χ2n) is 4.39. The normalized spacial score (nSPS) is 10.8. The number of methoxy groups -OCH3 is 2. The maximum atomic E-state index is 9.22. The average molecular weight is 302 g/mol. The second-order valence-corrected chi connectivity index (χ2v) is 5.29. The molecule has 2 rings (SSSR count). The summed E-state index contributed by atoms with van der Waals surface area (Å²) >= 11 is 1.70. The zero-order valence-corrected chi connectivity index (χ0v) is 12.9. The van der Waals surface area contributed by atoms with Crippen LogP contribution in [0.5, 0.6) is 17.2 Å². The van der Waals surface area contributed by atoms with Gasteiger partial charge in [-0.15, -0.1) is 11.8 Å². The third kappa shape index (κ3) is 4.46. The van der Waals surface area contributed by atoms with E-state index in [0.717, 1.165) is 22.8 Å². The molecule has 0 aliphatic carbocycles. The first-order valence-electron chi connectivity index (χ1n) is 6.51. The molecule has 0 spiro atoms. The van der Waals surface area contributed by atoms with Gasteiger partial charge in [-0.25, -0.2) is 0 Å². The number of aromatic hydroxyl groups is 1. The van der Waals surface area contributed by atoms with Crippen LogP contribution in [0.1, 0.15) is 11.1 Å². The van der Waals surface area contributed by atoms with Crippen LogP contribution in [-0.2, 0) is 5.75 Å². The molecule has 0 saturated heterocycles. The highest BCUT2D eigenvalue weighted by atomic mass is 32.2. The molecule has 1 N–H and O–H groups in total. The number of phenols is 1. The largest absolute Gasteiger partial charge is 0.508 e. The fraction of sp³-hybridized carbons (Fsp3) is 0.176. The van der Waals surface area contributed by atoms with E-state index < -0.39 is 0 Å². The van der Waals surface area contributed by atoms with Crippen LogP contribution >= 0.6 is 11.8 Å². The molecule has 0 saturated carbocycles. The number of rotatable bonds is 6. The van der Waals surface area contributed by atoms with Crippen LogP contribution in [-0.4, -0.2) is 19.3 Å². The van der Waals surface area contributed by atoms with Gasteiger partial charge >= 0.3 is 0 Å². The molecule has 4 heteroatoms. The Kier molecular flexibility index (Phi) is 5.58. The molecule has 0 heterocycles. The van der Waals surface area contributed by atoms with Crippen molar-refractivity contribution in [2.45, 2.75) is 5.75 Å². The minimum Gasteiger partial charge on any atom is -0.508 e. The van der Waals surface area contributed by atoms with Gasteiger partial charge in [-0.1, -0.05) is 18.2 Å². The Morgan fingerprint density at radius 2 is 1.71 bits per heavy atom. The van der Waals surface area contributed by atoms with Gasteiger partial charge in [0.25, 0.3) is 0 Å². The number of benzene rings is 2. The summed E-state index contributed by atoms with van der Waals surface area (Å²) < 4.78 is 10.5. The first-order chi connectivity index (χ1) is 10.2. The molecule has 0 aliphatic rings. The highest BCUT2D eigenvalue weighted by Gasteiger charge is 2.03. The van der Waals surface area contributed by atoms with Gasteiger partial charge in [0.05, 0.1) is 14.2 Å². The molecule has 0 amide bonds. The summed E-state index contributed by atoms with van der Waals surface area (Å²) in [5.74, 6) is 2.63. The second kappa shape index (κ2) is 7.64. The van der Waals surface area contributed by atoms with Gasteiger partial charge in [0.2, 0.25) is 0 Å². The van der Waals surface area contributed by atoms with E-state index in [1.54, 1.807) is 38.1 Å². The van der Waals surface area contributed by atoms with E-state index in [1.807, 2.05) is 41.8 Å². The average Bonchev–Trinajstić information content (AvgIpc) is 2.53. The van der Waals surface area contributed by atoms with E-state index in [2.05, 4.69) is 0 Å². The van der Waals surface area contributed by atoms with E-state index in [0.29, 0.717) is 0 Å². The molecular weight excluding hydrogens is 284 g/mol. The molecule has 0 radical (unpaired) electrons. The highest BCUT2D eigenvalue weighted by molar-refractivity contribution is 8.01. The lowest BCUT2D eigenvalue weighted by Gasteiger charge is -2.08. The van der Waals surface area contributed by atoms with Crippen LogP contribution in [0.4, 0.5) is 0 Å². The molecule has 3 nitrogen and oxygen atoms in total. The minimum absolute atomic E-state index is 0.283. The van der Waals surface area contributed by atoms with Gasteiger partial charge < -0.3 is 14.6 Å². The third-order valence-corrected chi connectivity index (χ3v) is 3.78. The Morgan fingerprint density at radius 3 is 2.38 bits per heavy atom. The zero-order chi connectivity index (χ0) is 15.1. The lowest BCUT2D eigenvalue weighted by molar-refractivity contribution is 0.354. The Morgan fingerprint density at radius 1 is 1.00 bits per heavy atom. The summed E-state index contributed by atoms with van der Waals surface area (Å²) in [6, 6.07) is 13.0. The predicted octanol–water partition coefficient (Wildman–Crippen LogP) is 4.31. The molecule has 110 valence electrons. The first kappa shape index (κ1) is 15.3. The molecule has 0 fully saturated rings. The summed E-state index contributed by atoms with van der Waals surface area (Å²) in [6.45, 7) is 0. The first-order valence-corrected chi connectivity index (χ1v) is 7.56. The van der Waals surface area contributed by atoms with Gasteiger partial charge in [-0.2, -0.15) is 0 Å². The Hall–Kier alpha value is -2.07. The fourth-order valence-electron chi connectivity index (χ4n) is 1.83. The van der Waals surface area contributed by atoms with Crippen molar-refractivity contribution < 1.29 is 14.6 Å². The van der Waals surface area contributed by atoms with Crippen LogP contribution in [0.15, 0.2) is 47.9 Å². The molecular formula is C17H18O3S. The number of phenolic OH excluding ortho intramolecular Hbond substituents is 1. The monoisotopic (exact) mass is 302 g/mol. The fourth-order valence-corrected chi connectivity index (χ4v) is 2.55. The lowest BCUT2D eigenvalue weighted by atomic mass is 10.2. The third-order valence-electron chi connectivity index (χ3n) is 2.95.